The fourth-order valence-corrected chi connectivity index (χ4v) is 2.26. The fraction of sp³-hybridized carbons (Fsp3) is 0.462. The number of nitrogens with zero attached hydrogens (tertiary/aromatic N) is 1. The maximum absolute atomic E-state index is 10.5. The summed E-state index contributed by atoms with van der Waals surface area (Å²) in [6.07, 6.45) is 1.94. The summed E-state index contributed by atoms with van der Waals surface area (Å²) < 4.78 is 0. The summed E-state index contributed by atoms with van der Waals surface area (Å²) >= 11 is 0. The van der Waals surface area contributed by atoms with Crippen LogP contribution in [0.1, 0.15) is 24.5 Å². The molecule has 1 aliphatic heterocycles. The molecular weight excluding hydrogens is 202 g/mol. The zero-order chi connectivity index (χ0) is 11.5. The Hall–Kier alpha value is -1.51. The highest BCUT2D eigenvalue weighted by atomic mass is 16.4. The zero-order valence-corrected chi connectivity index (χ0v) is 9.57. The van der Waals surface area contributed by atoms with Crippen LogP contribution in [-0.4, -0.2) is 24.2 Å². The zero-order valence-electron chi connectivity index (χ0n) is 9.57. The second kappa shape index (κ2) is 4.56. The third-order valence-electron chi connectivity index (χ3n) is 3.14. The van der Waals surface area contributed by atoms with Gasteiger partial charge in [0.2, 0.25) is 0 Å². The van der Waals surface area contributed by atoms with Gasteiger partial charge >= 0.3 is 5.97 Å². The number of carboxylic acid groups (broad SMARTS) is 1. The minimum Gasteiger partial charge on any atom is -0.481 e. The molecule has 0 amide bonds. The number of benzene rings is 1. The van der Waals surface area contributed by atoms with Gasteiger partial charge in [0.15, 0.2) is 0 Å². The van der Waals surface area contributed by atoms with Crippen molar-refractivity contribution in [1.82, 2.24) is 0 Å². The summed E-state index contributed by atoms with van der Waals surface area (Å²) in [5.41, 5.74) is 3.82. The van der Waals surface area contributed by atoms with Crippen LogP contribution in [-0.2, 0) is 17.6 Å². The lowest BCUT2D eigenvalue weighted by atomic mass is 10.0. The highest BCUT2D eigenvalue weighted by Gasteiger charge is 2.17. The van der Waals surface area contributed by atoms with Gasteiger partial charge in [-0.15, -0.1) is 0 Å². The molecule has 0 saturated heterocycles. The monoisotopic (exact) mass is 219 g/mol. The number of carbonyl (C=O) groups is 1. The van der Waals surface area contributed by atoms with Crippen molar-refractivity contribution in [3.05, 3.63) is 29.3 Å². The average Bonchev–Trinajstić information content (AvgIpc) is 2.68. The van der Waals surface area contributed by atoms with Gasteiger partial charge in [0.1, 0.15) is 0 Å². The molecular formula is C13H17NO2. The molecule has 2 rings (SSSR count). The number of aliphatic carboxylic acids is 1. The quantitative estimate of drug-likeness (QED) is 0.843. The largest absolute Gasteiger partial charge is 0.481 e. The first-order valence-electron chi connectivity index (χ1n) is 5.79. The number of aryl methyl sites for hydroxylation is 1. The molecule has 3 heteroatoms. The van der Waals surface area contributed by atoms with Gasteiger partial charge in [-0.25, -0.2) is 0 Å². The lowest BCUT2D eigenvalue weighted by Crippen LogP contribution is -2.18. The van der Waals surface area contributed by atoms with Gasteiger partial charge < -0.3 is 10.0 Å². The fourth-order valence-electron chi connectivity index (χ4n) is 2.26. The van der Waals surface area contributed by atoms with Crippen LogP contribution < -0.4 is 4.90 Å². The number of hydrogen-bond donors (Lipinski definition) is 1. The smallest absolute Gasteiger partial charge is 0.303 e. The van der Waals surface area contributed by atoms with Crippen molar-refractivity contribution in [2.45, 2.75) is 26.2 Å². The Bertz CT molecular complexity index is 401. The number of rotatable bonds is 4. The number of hydrogen-bond acceptors (Lipinski definition) is 2. The van der Waals surface area contributed by atoms with E-state index in [-0.39, 0.29) is 6.42 Å². The van der Waals surface area contributed by atoms with E-state index in [2.05, 4.69) is 30.0 Å². The van der Waals surface area contributed by atoms with E-state index >= 15 is 0 Å². The molecule has 0 radical (unpaired) electrons. The third kappa shape index (κ3) is 2.18. The number of carboxylic acids is 1. The van der Waals surface area contributed by atoms with Gasteiger partial charge in [0.05, 0.1) is 0 Å². The first-order valence-corrected chi connectivity index (χ1v) is 5.79. The van der Waals surface area contributed by atoms with Crippen LogP contribution >= 0.6 is 0 Å². The minimum atomic E-state index is -0.726. The maximum Gasteiger partial charge on any atom is 0.303 e. The summed E-state index contributed by atoms with van der Waals surface area (Å²) in [5, 5.41) is 8.64. The minimum absolute atomic E-state index is 0.219. The highest BCUT2D eigenvalue weighted by Crippen LogP contribution is 2.28. The molecule has 86 valence electrons. The molecule has 0 unspecified atom stereocenters. The van der Waals surface area contributed by atoms with Gasteiger partial charge in [0, 0.05) is 25.2 Å². The van der Waals surface area contributed by atoms with Crippen LogP contribution in [0.15, 0.2) is 18.2 Å². The van der Waals surface area contributed by atoms with E-state index in [1.807, 2.05) is 0 Å². The van der Waals surface area contributed by atoms with Crippen molar-refractivity contribution in [3.63, 3.8) is 0 Å². The number of fused-ring (bicyclic) bond motifs is 1. The Morgan fingerprint density at radius 1 is 1.50 bits per heavy atom. The molecule has 16 heavy (non-hydrogen) atoms. The van der Waals surface area contributed by atoms with E-state index in [9.17, 15) is 4.79 Å². The first kappa shape index (κ1) is 11.0. The van der Waals surface area contributed by atoms with E-state index in [4.69, 9.17) is 5.11 Å². The molecule has 1 N–H and O–H groups in total. The third-order valence-corrected chi connectivity index (χ3v) is 3.14. The van der Waals surface area contributed by atoms with Gasteiger partial charge in [-0.2, -0.15) is 0 Å². The van der Waals surface area contributed by atoms with E-state index < -0.39 is 5.97 Å². The molecule has 0 aliphatic carbocycles. The summed E-state index contributed by atoms with van der Waals surface area (Å²) in [5.74, 6) is -0.726. The lowest BCUT2D eigenvalue weighted by Gasteiger charge is -2.16. The standard InChI is InChI=1S/C13H17NO2/c1-2-14-8-7-11-9-10(3-5-12(11)14)4-6-13(15)16/h3,5,9H,2,4,6-8H2,1H3,(H,15,16). The molecule has 0 bridgehead atoms. The van der Waals surface area contributed by atoms with Crippen molar-refractivity contribution in [2.24, 2.45) is 0 Å². The lowest BCUT2D eigenvalue weighted by molar-refractivity contribution is -0.136. The second-order valence-electron chi connectivity index (χ2n) is 4.19. The second-order valence-corrected chi connectivity index (χ2v) is 4.19. The van der Waals surface area contributed by atoms with Crippen LogP contribution in [0.4, 0.5) is 5.69 Å². The number of likely N-dealkylation sites (N-methyl/N-ethyl adjacent to an activating group) is 1. The molecule has 0 aromatic heterocycles. The summed E-state index contributed by atoms with van der Waals surface area (Å²) in [7, 11) is 0. The molecule has 3 nitrogen and oxygen atoms in total. The van der Waals surface area contributed by atoms with E-state index in [1.165, 1.54) is 11.3 Å². The van der Waals surface area contributed by atoms with Crippen molar-refractivity contribution in [3.8, 4) is 0 Å². The van der Waals surface area contributed by atoms with Crippen molar-refractivity contribution >= 4 is 11.7 Å². The topological polar surface area (TPSA) is 40.5 Å². The van der Waals surface area contributed by atoms with Crippen LogP contribution in [0.25, 0.3) is 0 Å². The van der Waals surface area contributed by atoms with Crippen molar-refractivity contribution < 1.29 is 9.90 Å². The molecule has 0 atom stereocenters. The maximum atomic E-state index is 10.5. The molecule has 0 fully saturated rings. The van der Waals surface area contributed by atoms with Gasteiger partial charge in [0.25, 0.3) is 0 Å². The van der Waals surface area contributed by atoms with Crippen molar-refractivity contribution in [2.75, 3.05) is 18.0 Å². The van der Waals surface area contributed by atoms with Crippen LogP contribution in [0.3, 0.4) is 0 Å². The van der Waals surface area contributed by atoms with E-state index in [0.29, 0.717) is 6.42 Å². The van der Waals surface area contributed by atoms with Crippen LogP contribution in [0.5, 0.6) is 0 Å². The summed E-state index contributed by atoms with van der Waals surface area (Å²) in [6.45, 7) is 4.29. The molecule has 1 aliphatic rings. The van der Waals surface area contributed by atoms with E-state index in [0.717, 1.165) is 25.1 Å². The summed E-state index contributed by atoms with van der Waals surface area (Å²) in [4.78, 5) is 12.9. The molecule has 0 spiro atoms. The summed E-state index contributed by atoms with van der Waals surface area (Å²) in [6, 6.07) is 6.34. The van der Waals surface area contributed by atoms with Gasteiger partial charge in [-0.3, -0.25) is 4.79 Å². The Kier molecular flexibility index (Phi) is 3.13. The van der Waals surface area contributed by atoms with Gasteiger partial charge in [-0.1, -0.05) is 12.1 Å². The van der Waals surface area contributed by atoms with Gasteiger partial charge in [-0.05, 0) is 37.0 Å². The first-order chi connectivity index (χ1) is 7.70. The molecule has 1 aromatic carbocycles. The van der Waals surface area contributed by atoms with Crippen LogP contribution in [0.2, 0.25) is 0 Å². The molecule has 0 saturated carbocycles. The Morgan fingerprint density at radius 3 is 3.00 bits per heavy atom. The predicted molar refractivity (Wildman–Crippen MR) is 64.0 cm³/mol. The molecule has 1 heterocycles. The van der Waals surface area contributed by atoms with Crippen LogP contribution in [0, 0.1) is 0 Å². The Balaban J connectivity index is 2.12. The normalized spacial score (nSPS) is 13.9. The van der Waals surface area contributed by atoms with E-state index in [1.54, 1.807) is 0 Å². The SMILES string of the molecule is CCN1CCc2cc(CCC(=O)O)ccc21. The average molecular weight is 219 g/mol. The Labute approximate surface area is 95.7 Å². The molecule has 1 aromatic rings. The number of anilines is 1. The van der Waals surface area contributed by atoms with Crippen molar-refractivity contribution in [1.29, 1.82) is 0 Å². The Morgan fingerprint density at radius 2 is 2.31 bits per heavy atom. The predicted octanol–water partition coefficient (Wildman–Crippen LogP) is 2.09. The highest BCUT2D eigenvalue weighted by molar-refractivity contribution is 5.67.